The number of carboxylic acid groups (broad SMARTS) is 1. The van der Waals surface area contributed by atoms with Gasteiger partial charge >= 0.3 is 12.0 Å². The molecule has 0 unspecified atom stereocenters. The van der Waals surface area contributed by atoms with Crippen molar-refractivity contribution in [3.05, 3.63) is 0 Å². The molecule has 2 amide bonds. The molecular formula is C15H28N2O3S. The first-order valence-corrected chi connectivity index (χ1v) is 8.65. The molecule has 122 valence electrons. The second kappa shape index (κ2) is 7.38. The van der Waals surface area contributed by atoms with E-state index < -0.39 is 11.4 Å². The van der Waals surface area contributed by atoms with Crippen LogP contribution in [0.2, 0.25) is 0 Å². The number of hydrogen-bond donors (Lipinski definition) is 2. The van der Waals surface area contributed by atoms with E-state index >= 15 is 0 Å². The minimum Gasteiger partial charge on any atom is -0.481 e. The molecule has 6 heteroatoms. The lowest BCUT2D eigenvalue weighted by Crippen LogP contribution is -2.48. The van der Waals surface area contributed by atoms with E-state index in [1.165, 1.54) is 0 Å². The van der Waals surface area contributed by atoms with E-state index in [1.807, 2.05) is 25.6 Å². The Labute approximate surface area is 131 Å². The number of carbonyl (C=O) groups is 2. The molecule has 21 heavy (non-hydrogen) atoms. The maximum Gasteiger partial charge on any atom is 0.317 e. The second-order valence-corrected chi connectivity index (χ2v) is 8.10. The number of thioether (sulfide) groups is 1. The van der Waals surface area contributed by atoms with E-state index in [-0.39, 0.29) is 17.3 Å². The van der Waals surface area contributed by atoms with Crippen molar-refractivity contribution in [3.63, 3.8) is 0 Å². The number of urea groups is 1. The van der Waals surface area contributed by atoms with Crippen molar-refractivity contribution in [1.82, 2.24) is 10.2 Å². The van der Waals surface area contributed by atoms with Gasteiger partial charge in [-0.05, 0) is 19.3 Å². The SMILES string of the molecule is CCC(CC)(CNC(=O)N1CCSC(C)(C)CC1)C(=O)O. The smallest absolute Gasteiger partial charge is 0.317 e. The average Bonchev–Trinajstić information content (AvgIpc) is 2.61. The molecule has 0 spiro atoms. The third kappa shape index (κ3) is 4.80. The molecule has 2 N–H and O–H groups in total. The Hall–Kier alpha value is -0.910. The van der Waals surface area contributed by atoms with E-state index in [0.717, 1.165) is 25.3 Å². The van der Waals surface area contributed by atoms with Crippen molar-refractivity contribution in [2.75, 3.05) is 25.4 Å². The number of amides is 2. The highest BCUT2D eigenvalue weighted by atomic mass is 32.2. The molecule has 0 aromatic heterocycles. The molecule has 0 radical (unpaired) electrons. The van der Waals surface area contributed by atoms with Crippen LogP contribution < -0.4 is 5.32 Å². The number of aliphatic carboxylic acids is 1. The molecule has 0 atom stereocenters. The second-order valence-electron chi connectivity index (χ2n) is 6.30. The lowest BCUT2D eigenvalue weighted by molar-refractivity contribution is -0.149. The molecule has 0 aromatic carbocycles. The number of carboxylic acids is 1. The van der Waals surface area contributed by atoms with Crippen LogP contribution in [0.25, 0.3) is 0 Å². The van der Waals surface area contributed by atoms with Gasteiger partial charge in [-0.3, -0.25) is 4.79 Å². The number of rotatable bonds is 5. The van der Waals surface area contributed by atoms with Gasteiger partial charge in [0, 0.05) is 30.1 Å². The molecule has 5 nitrogen and oxygen atoms in total. The summed E-state index contributed by atoms with van der Waals surface area (Å²) in [7, 11) is 0. The molecule has 1 fully saturated rings. The zero-order valence-electron chi connectivity index (χ0n) is 13.6. The predicted molar refractivity (Wildman–Crippen MR) is 86.8 cm³/mol. The van der Waals surface area contributed by atoms with E-state index in [9.17, 15) is 14.7 Å². The normalized spacial score (nSPS) is 19.0. The Morgan fingerprint density at radius 2 is 1.90 bits per heavy atom. The van der Waals surface area contributed by atoms with Crippen LogP contribution >= 0.6 is 11.8 Å². The summed E-state index contributed by atoms with van der Waals surface area (Å²) in [5, 5.41) is 12.2. The summed E-state index contributed by atoms with van der Waals surface area (Å²) in [4.78, 5) is 25.5. The minimum absolute atomic E-state index is 0.138. The molecular weight excluding hydrogens is 288 g/mol. The van der Waals surface area contributed by atoms with Gasteiger partial charge < -0.3 is 15.3 Å². The predicted octanol–water partition coefficient (Wildman–Crippen LogP) is 2.80. The molecule has 0 aromatic rings. The fourth-order valence-electron chi connectivity index (χ4n) is 2.46. The van der Waals surface area contributed by atoms with Crippen LogP contribution in [0.15, 0.2) is 0 Å². The van der Waals surface area contributed by atoms with E-state index in [2.05, 4.69) is 19.2 Å². The summed E-state index contributed by atoms with van der Waals surface area (Å²) < 4.78 is 0.201. The van der Waals surface area contributed by atoms with Crippen LogP contribution in [0, 0.1) is 5.41 Å². The number of carbonyl (C=O) groups excluding carboxylic acids is 1. The standard InChI is InChI=1S/C15H28N2O3S/c1-5-15(6-2,12(18)19)11-16-13(20)17-8-7-14(3,4)21-10-9-17/h5-11H2,1-4H3,(H,16,20)(H,18,19). The molecule has 1 aliphatic heterocycles. The van der Waals surface area contributed by atoms with Gasteiger partial charge in [-0.15, -0.1) is 0 Å². The van der Waals surface area contributed by atoms with Crippen LogP contribution in [0.5, 0.6) is 0 Å². The summed E-state index contributed by atoms with van der Waals surface area (Å²) in [5.74, 6) is 0.0897. The maximum absolute atomic E-state index is 12.3. The van der Waals surface area contributed by atoms with Gasteiger partial charge in [0.1, 0.15) is 0 Å². The largest absolute Gasteiger partial charge is 0.481 e. The van der Waals surface area contributed by atoms with Crippen molar-refractivity contribution in [2.45, 2.75) is 51.7 Å². The number of hydrogen-bond acceptors (Lipinski definition) is 3. The lowest BCUT2D eigenvalue weighted by atomic mass is 9.82. The highest BCUT2D eigenvalue weighted by Gasteiger charge is 2.36. The summed E-state index contributed by atoms with van der Waals surface area (Å²) in [6.45, 7) is 9.75. The zero-order chi connectivity index (χ0) is 16.1. The van der Waals surface area contributed by atoms with Gasteiger partial charge in [0.05, 0.1) is 5.41 Å². The van der Waals surface area contributed by atoms with Crippen molar-refractivity contribution in [2.24, 2.45) is 5.41 Å². The molecule has 0 aliphatic carbocycles. The Morgan fingerprint density at radius 1 is 1.29 bits per heavy atom. The van der Waals surface area contributed by atoms with Crippen molar-refractivity contribution >= 4 is 23.8 Å². The molecule has 1 saturated heterocycles. The first-order chi connectivity index (χ1) is 9.76. The molecule has 0 saturated carbocycles. The van der Waals surface area contributed by atoms with Crippen LogP contribution in [0.1, 0.15) is 47.0 Å². The van der Waals surface area contributed by atoms with Gasteiger partial charge in [-0.2, -0.15) is 11.8 Å². The first-order valence-electron chi connectivity index (χ1n) is 7.66. The van der Waals surface area contributed by atoms with Crippen LogP contribution in [-0.2, 0) is 4.79 Å². The molecule has 1 aliphatic rings. The molecule has 1 rings (SSSR count). The van der Waals surface area contributed by atoms with E-state index in [1.54, 1.807) is 4.90 Å². The van der Waals surface area contributed by atoms with Crippen LogP contribution in [0.3, 0.4) is 0 Å². The minimum atomic E-state index is -0.852. The summed E-state index contributed by atoms with van der Waals surface area (Å²) in [6, 6.07) is -0.138. The highest BCUT2D eigenvalue weighted by molar-refractivity contribution is 8.00. The Morgan fingerprint density at radius 3 is 2.43 bits per heavy atom. The van der Waals surface area contributed by atoms with Crippen molar-refractivity contribution in [1.29, 1.82) is 0 Å². The van der Waals surface area contributed by atoms with E-state index in [4.69, 9.17) is 0 Å². The van der Waals surface area contributed by atoms with Gasteiger partial charge in [0.15, 0.2) is 0 Å². The Bertz CT molecular complexity index is 381. The summed E-state index contributed by atoms with van der Waals surface area (Å²) >= 11 is 1.88. The monoisotopic (exact) mass is 316 g/mol. The van der Waals surface area contributed by atoms with Crippen molar-refractivity contribution in [3.8, 4) is 0 Å². The van der Waals surface area contributed by atoms with Gasteiger partial charge in [-0.1, -0.05) is 27.7 Å². The molecule has 1 heterocycles. The highest BCUT2D eigenvalue weighted by Crippen LogP contribution is 2.31. The third-order valence-electron chi connectivity index (χ3n) is 4.51. The zero-order valence-corrected chi connectivity index (χ0v) is 14.4. The Balaban J connectivity index is 2.59. The van der Waals surface area contributed by atoms with Crippen molar-refractivity contribution < 1.29 is 14.7 Å². The van der Waals surface area contributed by atoms with E-state index in [0.29, 0.717) is 12.8 Å². The lowest BCUT2D eigenvalue weighted by Gasteiger charge is -2.29. The third-order valence-corrected chi connectivity index (χ3v) is 5.88. The first kappa shape index (κ1) is 18.1. The fourth-order valence-corrected chi connectivity index (χ4v) is 3.56. The molecule has 0 bridgehead atoms. The average molecular weight is 316 g/mol. The fraction of sp³-hybridized carbons (Fsp3) is 0.867. The maximum atomic E-state index is 12.3. The number of nitrogens with one attached hydrogen (secondary N) is 1. The quantitative estimate of drug-likeness (QED) is 0.818. The van der Waals surface area contributed by atoms with Gasteiger partial charge in [0.25, 0.3) is 0 Å². The Kier molecular flexibility index (Phi) is 6.38. The summed E-state index contributed by atoms with van der Waals surface area (Å²) in [5.41, 5.74) is -0.852. The summed E-state index contributed by atoms with van der Waals surface area (Å²) in [6.07, 6.45) is 1.99. The van der Waals surface area contributed by atoms with Gasteiger partial charge in [0.2, 0.25) is 0 Å². The topological polar surface area (TPSA) is 69.6 Å². The van der Waals surface area contributed by atoms with Crippen LogP contribution in [-0.4, -0.2) is 52.1 Å². The van der Waals surface area contributed by atoms with Crippen LogP contribution in [0.4, 0.5) is 4.79 Å². The van der Waals surface area contributed by atoms with Gasteiger partial charge in [-0.25, -0.2) is 4.79 Å². The number of nitrogens with zero attached hydrogens (tertiary/aromatic N) is 1.